The summed E-state index contributed by atoms with van der Waals surface area (Å²) in [6.45, 7) is 3.71. The highest BCUT2D eigenvalue weighted by atomic mass is 127. The third-order valence-electron chi connectivity index (χ3n) is 4.96. The van der Waals surface area contributed by atoms with Crippen LogP contribution in [0.1, 0.15) is 30.5 Å². The molecule has 0 saturated heterocycles. The Morgan fingerprint density at radius 1 is 1.07 bits per heavy atom. The monoisotopic (exact) mass is 504 g/mol. The zero-order chi connectivity index (χ0) is 19.8. The van der Waals surface area contributed by atoms with E-state index < -0.39 is 0 Å². The molecular formula is C23H29IN4O. The van der Waals surface area contributed by atoms with Gasteiger partial charge in [-0.3, -0.25) is 9.98 Å². The second-order valence-electron chi connectivity index (χ2n) is 6.79. The molecule has 0 fully saturated rings. The van der Waals surface area contributed by atoms with Crippen LogP contribution in [-0.4, -0.2) is 31.6 Å². The molecule has 0 aliphatic rings. The molecule has 0 saturated carbocycles. The molecule has 2 aromatic carbocycles. The third-order valence-corrected chi connectivity index (χ3v) is 4.96. The Morgan fingerprint density at radius 3 is 2.55 bits per heavy atom. The van der Waals surface area contributed by atoms with Gasteiger partial charge in [-0.15, -0.1) is 24.0 Å². The number of halogens is 1. The molecule has 154 valence electrons. The Hall–Kier alpha value is -2.35. The Kier molecular flexibility index (Phi) is 9.18. The molecule has 1 heterocycles. The number of guanidine groups is 1. The number of nitrogens with one attached hydrogen (secondary N) is 2. The maximum atomic E-state index is 5.22. The van der Waals surface area contributed by atoms with Crippen molar-refractivity contribution in [3.8, 4) is 5.75 Å². The number of ether oxygens (including phenoxy) is 1. The summed E-state index contributed by atoms with van der Waals surface area (Å²) in [4.78, 5) is 8.85. The van der Waals surface area contributed by atoms with Gasteiger partial charge in [0, 0.05) is 25.2 Å². The Labute approximate surface area is 190 Å². The predicted octanol–water partition coefficient (Wildman–Crippen LogP) is 4.72. The second kappa shape index (κ2) is 11.6. The van der Waals surface area contributed by atoms with E-state index >= 15 is 0 Å². The molecule has 3 rings (SSSR count). The summed E-state index contributed by atoms with van der Waals surface area (Å²) in [6, 6.07) is 18.6. The normalized spacial score (nSPS) is 12.2. The van der Waals surface area contributed by atoms with Crippen molar-refractivity contribution in [2.75, 3.05) is 20.7 Å². The smallest absolute Gasteiger partial charge is 0.191 e. The highest BCUT2D eigenvalue weighted by Gasteiger charge is 2.07. The van der Waals surface area contributed by atoms with E-state index in [-0.39, 0.29) is 24.0 Å². The van der Waals surface area contributed by atoms with Gasteiger partial charge >= 0.3 is 0 Å². The van der Waals surface area contributed by atoms with E-state index in [4.69, 9.17) is 4.74 Å². The summed E-state index contributed by atoms with van der Waals surface area (Å²) in [5.74, 6) is 2.13. The van der Waals surface area contributed by atoms with Crippen LogP contribution >= 0.6 is 24.0 Å². The quantitative estimate of drug-likeness (QED) is 0.278. The lowest BCUT2D eigenvalue weighted by molar-refractivity contribution is 0.414. The summed E-state index contributed by atoms with van der Waals surface area (Å²) in [5.41, 5.74) is 2.33. The topological polar surface area (TPSA) is 58.5 Å². The minimum Gasteiger partial charge on any atom is -0.497 e. The maximum Gasteiger partial charge on any atom is 0.191 e. The lowest BCUT2D eigenvalue weighted by Crippen LogP contribution is -2.37. The first-order valence-electron chi connectivity index (χ1n) is 9.62. The molecule has 6 heteroatoms. The number of hydrogen-bond acceptors (Lipinski definition) is 3. The van der Waals surface area contributed by atoms with Crippen LogP contribution in [0.5, 0.6) is 5.75 Å². The van der Waals surface area contributed by atoms with Crippen molar-refractivity contribution in [2.24, 2.45) is 4.99 Å². The zero-order valence-corrected chi connectivity index (χ0v) is 19.5. The zero-order valence-electron chi connectivity index (χ0n) is 17.2. The van der Waals surface area contributed by atoms with Gasteiger partial charge in [0.05, 0.1) is 19.3 Å². The van der Waals surface area contributed by atoms with Gasteiger partial charge in [0.2, 0.25) is 0 Å². The van der Waals surface area contributed by atoms with Crippen molar-refractivity contribution in [2.45, 2.75) is 25.8 Å². The number of fused-ring (bicyclic) bond motifs is 1. The molecule has 1 aromatic heterocycles. The van der Waals surface area contributed by atoms with Crippen LogP contribution in [0, 0.1) is 0 Å². The number of rotatable bonds is 7. The van der Waals surface area contributed by atoms with E-state index in [1.165, 1.54) is 16.3 Å². The van der Waals surface area contributed by atoms with Gasteiger partial charge in [-0.05, 0) is 41.5 Å². The van der Waals surface area contributed by atoms with Gasteiger partial charge in [0.25, 0.3) is 0 Å². The molecule has 0 radical (unpaired) electrons. The predicted molar refractivity (Wildman–Crippen MR) is 131 cm³/mol. The van der Waals surface area contributed by atoms with Crippen LogP contribution < -0.4 is 15.4 Å². The standard InChI is InChI=1S/C23H28N4O.HI/c1-17(18-8-10-20(28-3)11-9-18)12-14-26-23(24-2)27-16-22-21-7-5-4-6-19(21)13-15-25-22;/h4-11,13,15,17H,12,14,16H2,1-3H3,(H2,24,26,27);1H. The molecule has 0 aliphatic heterocycles. The number of benzene rings is 2. The number of methoxy groups -OCH3 is 1. The minimum atomic E-state index is 0. The fourth-order valence-electron chi connectivity index (χ4n) is 3.22. The lowest BCUT2D eigenvalue weighted by atomic mass is 9.98. The van der Waals surface area contributed by atoms with Crippen molar-refractivity contribution in [1.29, 1.82) is 0 Å². The molecule has 1 unspecified atom stereocenters. The van der Waals surface area contributed by atoms with Gasteiger partial charge in [-0.25, -0.2) is 0 Å². The van der Waals surface area contributed by atoms with E-state index in [1.807, 2.05) is 36.5 Å². The molecule has 3 aromatic rings. The number of pyridine rings is 1. The summed E-state index contributed by atoms with van der Waals surface area (Å²) < 4.78 is 5.22. The van der Waals surface area contributed by atoms with E-state index in [0.717, 1.165) is 30.4 Å². The average molecular weight is 504 g/mol. The molecule has 0 amide bonds. The van der Waals surface area contributed by atoms with Gasteiger partial charge in [-0.1, -0.05) is 43.3 Å². The van der Waals surface area contributed by atoms with Crippen LogP contribution in [0.3, 0.4) is 0 Å². The van der Waals surface area contributed by atoms with E-state index in [9.17, 15) is 0 Å². The van der Waals surface area contributed by atoms with Crippen LogP contribution in [-0.2, 0) is 6.54 Å². The highest BCUT2D eigenvalue weighted by Crippen LogP contribution is 2.21. The molecule has 5 nitrogen and oxygen atoms in total. The van der Waals surface area contributed by atoms with Crippen LogP contribution in [0.2, 0.25) is 0 Å². The van der Waals surface area contributed by atoms with E-state index in [0.29, 0.717) is 12.5 Å². The first-order chi connectivity index (χ1) is 13.7. The third kappa shape index (κ3) is 6.32. The van der Waals surface area contributed by atoms with Crippen molar-refractivity contribution in [3.63, 3.8) is 0 Å². The maximum absolute atomic E-state index is 5.22. The Morgan fingerprint density at radius 2 is 1.83 bits per heavy atom. The number of aliphatic imine (C=N–C) groups is 1. The SMILES string of the molecule is CN=C(NCCC(C)c1ccc(OC)cc1)NCc1nccc2ccccc12.I. The first-order valence-corrected chi connectivity index (χ1v) is 9.62. The summed E-state index contributed by atoms with van der Waals surface area (Å²) in [5, 5.41) is 9.13. The average Bonchev–Trinajstić information content (AvgIpc) is 2.76. The second-order valence-corrected chi connectivity index (χ2v) is 6.79. The van der Waals surface area contributed by atoms with Gasteiger partial charge in [0.1, 0.15) is 5.75 Å². The van der Waals surface area contributed by atoms with Crippen molar-refractivity contribution in [3.05, 3.63) is 72.1 Å². The van der Waals surface area contributed by atoms with Gasteiger partial charge in [0.15, 0.2) is 5.96 Å². The molecule has 29 heavy (non-hydrogen) atoms. The number of aromatic nitrogens is 1. The van der Waals surface area contributed by atoms with Gasteiger partial charge in [-0.2, -0.15) is 0 Å². The van der Waals surface area contributed by atoms with Crippen molar-refractivity contribution < 1.29 is 4.74 Å². The van der Waals surface area contributed by atoms with Crippen LogP contribution in [0.15, 0.2) is 65.8 Å². The minimum absolute atomic E-state index is 0. The van der Waals surface area contributed by atoms with E-state index in [2.05, 4.69) is 51.8 Å². The molecule has 0 aliphatic carbocycles. The summed E-state index contributed by atoms with van der Waals surface area (Å²) >= 11 is 0. The molecule has 2 N–H and O–H groups in total. The first kappa shape index (κ1) is 22.9. The van der Waals surface area contributed by atoms with Crippen LogP contribution in [0.25, 0.3) is 10.8 Å². The fraction of sp³-hybridized carbons (Fsp3) is 0.304. The molecule has 1 atom stereocenters. The van der Waals surface area contributed by atoms with E-state index in [1.54, 1.807) is 14.2 Å². The molecule has 0 spiro atoms. The van der Waals surface area contributed by atoms with Crippen molar-refractivity contribution in [1.82, 2.24) is 15.6 Å². The number of nitrogens with zero attached hydrogens (tertiary/aromatic N) is 2. The van der Waals surface area contributed by atoms with Gasteiger partial charge < -0.3 is 15.4 Å². The Balaban J connectivity index is 0.00000300. The Bertz CT molecular complexity index is 922. The van der Waals surface area contributed by atoms with Crippen LogP contribution in [0.4, 0.5) is 0 Å². The number of hydrogen-bond donors (Lipinski definition) is 2. The fourth-order valence-corrected chi connectivity index (χ4v) is 3.22. The molecule has 0 bridgehead atoms. The lowest BCUT2D eigenvalue weighted by Gasteiger charge is -2.16. The summed E-state index contributed by atoms with van der Waals surface area (Å²) in [7, 11) is 3.48. The highest BCUT2D eigenvalue weighted by molar-refractivity contribution is 14.0. The molecular weight excluding hydrogens is 475 g/mol. The largest absolute Gasteiger partial charge is 0.497 e. The summed E-state index contributed by atoms with van der Waals surface area (Å²) in [6.07, 6.45) is 2.87. The van der Waals surface area contributed by atoms with Crippen molar-refractivity contribution >= 4 is 40.7 Å².